The molecule has 0 unspecified atom stereocenters. The molecule has 0 aliphatic rings. The van der Waals surface area contributed by atoms with E-state index in [-0.39, 0.29) is 16.3 Å². The van der Waals surface area contributed by atoms with Crippen LogP contribution < -0.4 is 5.32 Å². The predicted molar refractivity (Wildman–Crippen MR) is 137 cm³/mol. The lowest BCUT2D eigenvalue weighted by Crippen LogP contribution is -2.35. The van der Waals surface area contributed by atoms with Crippen molar-refractivity contribution in [1.29, 1.82) is 0 Å². The molecule has 2 rings (SSSR count). The number of sulfonamides is 1. The van der Waals surface area contributed by atoms with E-state index < -0.39 is 14.9 Å². The third-order valence-electron chi connectivity index (χ3n) is 5.23. The minimum absolute atomic E-state index is 0.0778. The van der Waals surface area contributed by atoms with Gasteiger partial charge in [0.2, 0.25) is 10.0 Å². The van der Waals surface area contributed by atoms with Crippen LogP contribution in [-0.4, -0.2) is 81.8 Å². The molecular formula is C23H34ClN5O4S. The fourth-order valence-electron chi connectivity index (χ4n) is 3.40. The van der Waals surface area contributed by atoms with Crippen LogP contribution in [0.4, 0.5) is 11.4 Å². The van der Waals surface area contributed by atoms with Gasteiger partial charge in [-0.05, 0) is 84.0 Å². The molecule has 2 aromatic rings. The van der Waals surface area contributed by atoms with Crippen molar-refractivity contribution in [2.24, 2.45) is 0 Å². The van der Waals surface area contributed by atoms with Gasteiger partial charge < -0.3 is 15.1 Å². The van der Waals surface area contributed by atoms with Gasteiger partial charge in [0.1, 0.15) is 5.69 Å². The van der Waals surface area contributed by atoms with Gasteiger partial charge in [-0.1, -0.05) is 23.7 Å². The first-order valence-electron chi connectivity index (χ1n) is 11.1. The van der Waals surface area contributed by atoms with Crippen LogP contribution in [0.25, 0.3) is 0 Å². The summed E-state index contributed by atoms with van der Waals surface area (Å²) in [6, 6.07) is 11.1. The number of rotatable bonds is 14. The highest BCUT2D eigenvalue weighted by Gasteiger charge is 2.27. The standard InChI is InChI=1S/C23H34ClN5O4S/c1-26(2)13-5-15-28(16-6-14-27(3)4)34(32,33)21-11-12-22(23(17-21)29(30)31)25-18-19-7-9-20(24)10-8-19/h7-12,17,25H,5-6,13-16,18H2,1-4H3. The molecule has 0 saturated carbocycles. The second-order valence-corrected chi connectivity index (χ2v) is 11.0. The number of hydrogen-bond donors (Lipinski definition) is 1. The van der Waals surface area contributed by atoms with Crippen molar-refractivity contribution in [1.82, 2.24) is 14.1 Å². The molecule has 0 aliphatic carbocycles. The zero-order valence-corrected chi connectivity index (χ0v) is 21.8. The number of benzene rings is 2. The van der Waals surface area contributed by atoms with Crippen molar-refractivity contribution in [3.63, 3.8) is 0 Å². The van der Waals surface area contributed by atoms with Gasteiger partial charge in [-0.2, -0.15) is 4.31 Å². The highest BCUT2D eigenvalue weighted by atomic mass is 35.5. The summed E-state index contributed by atoms with van der Waals surface area (Å²) in [4.78, 5) is 15.1. The number of halogens is 1. The SMILES string of the molecule is CN(C)CCCN(CCCN(C)C)S(=O)(=O)c1ccc(NCc2ccc(Cl)cc2)c([N+](=O)[O-])c1. The van der Waals surface area contributed by atoms with Gasteiger partial charge in [-0.15, -0.1) is 0 Å². The molecule has 2 aromatic carbocycles. The van der Waals surface area contributed by atoms with Crippen LogP contribution in [0.5, 0.6) is 0 Å². The van der Waals surface area contributed by atoms with E-state index in [1.54, 1.807) is 12.1 Å². The molecule has 0 fully saturated rings. The van der Waals surface area contributed by atoms with Crippen LogP contribution in [0.15, 0.2) is 47.4 Å². The molecule has 0 aliphatic heterocycles. The average molecular weight is 512 g/mol. The van der Waals surface area contributed by atoms with E-state index >= 15 is 0 Å². The Hall–Kier alpha value is -2.24. The quantitative estimate of drug-likeness (QED) is 0.304. The fourth-order valence-corrected chi connectivity index (χ4v) is 5.06. The van der Waals surface area contributed by atoms with E-state index in [0.717, 1.165) is 24.7 Å². The van der Waals surface area contributed by atoms with Crippen molar-refractivity contribution in [2.75, 3.05) is 59.7 Å². The molecule has 188 valence electrons. The molecule has 0 atom stereocenters. The first-order valence-corrected chi connectivity index (χ1v) is 12.9. The van der Waals surface area contributed by atoms with E-state index in [2.05, 4.69) is 5.32 Å². The average Bonchev–Trinajstić information content (AvgIpc) is 2.77. The second-order valence-electron chi connectivity index (χ2n) is 8.63. The molecule has 1 N–H and O–H groups in total. The van der Waals surface area contributed by atoms with Gasteiger partial charge in [0.25, 0.3) is 5.69 Å². The van der Waals surface area contributed by atoms with E-state index in [4.69, 9.17) is 11.6 Å². The minimum Gasteiger partial charge on any atom is -0.375 e. The monoisotopic (exact) mass is 511 g/mol. The van der Waals surface area contributed by atoms with Gasteiger partial charge >= 0.3 is 0 Å². The molecule has 0 aromatic heterocycles. The summed E-state index contributed by atoms with van der Waals surface area (Å²) in [5, 5.41) is 15.4. The van der Waals surface area contributed by atoms with Crippen LogP contribution in [0.2, 0.25) is 5.02 Å². The molecule has 9 nitrogen and oxygen atoms in total. The summed E-state index contributed by atoms with van der Waals surface area (Å²) in [5.74, 6) is 0. The molecule has 0 amide bonds. The Kier molecular flexibility index (Phi) is 10.7. The maximum atomic E-state index is 13.4. The molecular weight excluding hydrogens is 478 g/mol. The summed E-state index contributed by atoms with van der Waals surface area (Å²) in [6.45, 7) is 2.52. The highest BCUT2D eigenvalue weighted by molar-refractivity contribution is 7.89. The van der Waals surface area contributed by atoms with Crippen molar-refractivity contribution in [2.45, 2.75) is 24.3 Å². The molecule has 0 saturated heterocycles. The summed E-state index contributed by atoms with van der Waals surface area (Å²) in [7, 11) is 3.85. The fraction of sp³-hybridized carbons (Fsp3) is 0.478. The molecule has 0 heterocycles. The summed E-state index contributed by atoms with van der Waals surface area (Å²) in [5.41, 5.74) is 0.866. The van der Waals surface area contributed by atoms with Gasteiger partial charge in [0, 0.05) is 30.7 Å². The summed E-state index contributed by atoms with van der Waals surface area (Å²) >= 11 is 5.90. The maximum absolute atomic E-state index is 13.4. The first kappa shape index (κ1) is 28.0. The lowest BCUT2D eigenvalue weighted by atomic mass is 10.2. The third kappa shape index (κ3) is 8.52. The van der Waals surface area contributed by atoms with Crippen LogP contribution in [0.1, 0.15) is 18.4 Å². The van der Waals surface area contributed by atoms with Crippen molar-refractivity contribution in [3.05, 3.63) is 63.2 Å². The molecule has 0 radical (unpaired) electrons. The van der Waals surface area contributed by atoms with Crippen LogP contribution >= 0.6 is 11.6 Å². The van der Waals surface area contributed by atoms with E-state index in [1.807, 2.05) is 50.1 Å². The number of anilines is 1. The van der Waals surface area contributed by atoms with Gasteiger partial charge in [-0.25, -0.2) is 8.42 Å². The van der Waals surface area contributed by atoms with E-state index in [9.17, 15) is 18.5 Å². The Bertz CT molecular complexity index is 1030. The van der Waals surface area contributed by atoms with Crippen LogP contribution in [0.3, 0.4) is 0 Å². The van der Waals surface area contributed by atoms with Gasteiger partial charge in [-0.3, -0.25) is 10.1 Å². The first-order chi connectivity index (χ1) is 16.0. The molecule has 11 heteroatoms. The number of nitro groups is 1. The normalized spacial score (nSPS) is 12.0. The summed E-state index contributed by atoms with van der Waals surface area (Å²) < 4.78 is 28.3. The van der Waals surface area contributed by atoms with Gasteiger partial charge in [0.05, 0.1) is 9.82 Å². The summed E-state index contributed by atoms with van der Waals surface area (Å²) in [6.07, 6.45) is 1.33. The van der Waals surface area contributed by atoms with Crippen molar-refractivity contribution < 1.29 is 13.3 Å². The Morgan fingerprint density at radius 2 is 1.47 bits per heavy atom. The number of hydrogen-bond acceptors (Lipinski definition) is 7. The predicted octanol–water partition coefficient (Wildman–Crippen LogP) is 3.75. The lowest BCUT2D eigenvalue weighted by molar-refractivity contribution is -0.384. The Balaban J connectivity index is 2.26. The van der Waals surface area contributed by atoms with Crippen LogP contribution in [-0.2, 0) is 16.6 Å². The maximum Gasteiger partial charge on any atom is 0.293 e. The largest absolute Gasteiger partial charge is 0.375 e. The lowest BCUT2D eigenvalue weighted by Gasteiger charge is -2.24. The number of nitro benzene ring substituents is 1. The number of nitrogens with one attached hydrogen (secondary N) is 1. The van der Waals surface area contributed by atoms with Crippen molar-refractivity contribution in [3.8, 4) is 0 Å². The minimum atomic E-state index is -3.89. The molecule has 0 spiro atoms. The van der Waals surface area contributed by atoms with Crippen molar-refractivity contribution >= 4 is 33.0 Å². The highest BCUT2D eigenvalue weighted by Crippen LogP contribution is 2.30. The number of nitrogens with zero attached hydrogens (tertiary/aromatic N) is 4. The smallest absolute Gasteiger partial charge is 0.293 e. The zero-order chi connectivity index (χ0) is 25.3. The Morgan fingerprint density at radius 1 is 0.912 bits per heavy atom. The molecule has 34 heavy (non-hydrogen) atoms. The van der Waals surface area contributed by atoms with E-state index in [0.29, 0.717) is 37.5 Å². The van der Waals surface area contributed by atoms with Crippen LogP contribution in [0, 0.1) is 10.1 Å². The Labute approximate surface area is 207 Å². The Morgan fingerprint density at radius 3 is 1.97 bits per heavy atom. The third-order valence-corrected chi connectivity index (χ3v) is 7.37. The van der Waals surface area contributed by atoms with E-state index in [1.165, 1.54) is 16.4 Å². The molecule has 0 bridgehead atoms. The topological polar surface area (TPSA) is 99.0 Å². The van der Waals surface area contributed by atoms with Gasteiger partial charge in [0.15, 0.2) is 0 Å². The zero-order valence-electron chi connectivity index (χ0n) is 20.2. The second kappa shape index (κ2) is 13.0.